The molecule has 2 N–H and O–H groups in total. The van der Waals surface area contributed by atoms with Crippen LogP contribution in [0.4, 0.5) is 10.1 Å². The zero-order valence-electron chi connectivity index (χ0n) is 14.7. The van der Waals surface area contributed by atoms with Gasteiger partial charge in [0.1, 0.15) is 5.82 Å². The van der Waals surface area contributed by atoms with Crippen molar-refractivity contribution in [1.82, 2.24) is 4.72 Å². The number of anilines is 1. The molecule has 0 aliphatic carbocycles. The van der Waals surface area contributed by atoms with Crippen molar-refractivity contribution in [2.45, 2.75) is 30.3 Å². The number of carbonyl (C=O) groups is 1. The first kappa shape index (κ1) is 19.5. The van der Waals surface area contributed by atoms with Crippen LogP contribution in [-0.4, -0.2) is 33.6 Å². The second-order valence-corrected chi connectivity index (χ2v) is 8.13. The van der Waals surface area contributed by atoms with E-state index < -0.39 is 10.0 Å². The molecule has 8 heteroatoms. The number of halogens is 1. The molecule has 1 heterocycles. The Hall–Kier alpha value is -2.29. The molecule has 1 aliphatic rings. The SMILES string of the molecule is O=C(Cc1ccc(F)cc1)Nc1ccc(S(=O)(=O)NC[C@H]2CCCO2)cc1. The van der Waals surface area contributed by atoms with Crippen molar-refractivity contribution in [3.8, 4) is 0 Å². The second-order valence-electron chi connectivity index (χ2n) is 6.36. The maximum atomic E-state index is 12.9. The van der Waals surface area contributed by atoms with Crippen LogP contribution in [0.15, 0.2) is 53.4 Å². The summed E-state index contributed by atoms with van der Waals surface area (Å²) in [5.41, 5.74) is 1.17. The molecular weight excluding hydrogens is 371 g/mol. The van der Waals surface area contributed by atoms with Crippen molar-refractivity contribution in [2.75, 3.05) is 18.5 Å². The topological polar surface area (TPSA) is 84.5 Å². The van der Waals surface area contributed by atoms with Gasteiger partial charge in [-0.2, -0.15) is 0 Å². The first-order valence-electron chi connectivity index (χ1n) is 8.68. The highest BCUT2D eigenvalue weighted by molar-refractivity contribution is 7.89. The lowest BCUT2D eigenvalue weighted by Gasteiger charge is -2.12. The molecule has 144 valence electrons. The van der Waals surface area contributed by atoms with Crippen molar-refractivity contribution in [3.63, 3.8) is 0 Å². The Bertz CT molecular complexity index is 877. The van der Waals surface area contributed by atoms with Gasteiger partial charge in [-0.15, -0.1) is 0 Å². The van der Waals surface area contributed by atoms with E-state index in [1.54, 1.807) is 12.1 Å². The summed E-state index contributed by atoms with van der Waals surface area (Å²) < 4.78 is 45.4. The van der Waals surface area contributed by atoms with E-state index in [2.05, 4.69) is 10.0 Å². The first-order valence-corrected chi connectivity index (χ1v) is 10.2. The molecule has 1 atom stereocenters. The highest BCUT2D eigenvalue weighted by Gasteiger charge is 2.20. The number of hydrogen-bond donors (Lipinski definition) is 2. The fraction of sp³-hybridized carbons (Fsp3) is 0.316. The van der Waals surface area contributed by atoms with Gasteiger partial charge in [-0.25, -0.2) is 17.5 Å². The van der Waals surface area contributed by atoms with Gasteiger partial charge in [-0.3, -0.25) is 4.79 Å². The number of rotatable bonds is 7. The van der Waals surface area contributed by atoms with E-state index in [-0.39, 0.29) is 35.7 Å². The molecule has 0 spiro atoms. The van der Waals surface area contributed by atoms with E-state index in [0.29, 0.717) is 17.9 Å². The van der Waals surface area contributed by atoms with Gasteiger partial charge in [0.15, 0.2) is 0 Å². The number of sulfonamides is 1. The molecule has 0 radical (unpaired) electrons. The van der Waals surface area contributed by atoms with Gasteiger partial charge < -0.3 is 10.1 Å². The Morgan fingerprint density at radius 2 is 1.81 bits per heavy atom. The number of hydrogen-bond acceptors (Lipinski definition) is 4. The van der Waals surface area contributed by atoms with Crippen LogP contribution >= 0.6 is 0 Å². The molecule has 0 unspecified atom stereocenters. The molecule has 1 fully saturated rings. The number of amides is 1. The van der Waals surface area contributed by atoms with Crippen molar-refractivity contribution in [3.05, 3.63) is 59.9 Å². The molecule has 2 aromatic rings. The molecule has 1 saturated heterocycles. The molecule has 27 heavy (non-hydrogen) atoms. The normalized spacial score (nSPS) is 17.0. The molecule has 0 aromatic heterocycles. The van der Waals surface area contributed by atoms with Crippen LogP contribution in [0.3, 0.4) is 0 Å². The maximum Gasteiger partial charge on any atom is 0.240 e. The summed E-state index contributed by atoms with van der Waals surface area (Å²) in [4.78, 5) is 12.2. The molecule has 0 saturated carbocycles. The largest absolute Gasteiger partial charge is 0.377 e. The highest BCUT2D eigenvalue weighted by Crippen LogP contribution is 2.16. The van der Waals surface area contributed by atoms with Gasteiger partial charge in [0.05, 0.1) is 17.4 Å². The minimum Gasteiger partial charge on any atom is -0.377 e. The zero-order chi connectivity index (χ0) is 19.3. The summed E-state index contributed by atoms with van der Waals surface area (Å²) in [5.74, 6) is -0.627. The van der Waals surface area contributed by atoms with Crippen molar-refractivity contribution >= 4 is 21.6 Å². The van der Waals surface area contributed by atoms with E-state index in [4.69, 9.17) is 4.74 Å². The van der Waals surface area contributed by atoms with Gasteiger partial charge in [0.2, 0.25) is 15.9 Å². The predicted molar refractivity (Wildman–Crippen MR) is 99.3 cm³/mol. The smallest absolute Gasteiger partial charge is 0.240 e. The highest BCUT2D eigenvalue weighted by atomic mass is 32.2. The maximum absolute atomic E-state index is 12.9. The molecular formula is C19H21FN2O4S. The van der Waals surface area contributed by atoms with Crippen LogP contribution in [0.25, 0.3) is 0 Å². The number of nitrogens with one attached hydrogen (secondary N) is 2. The van der Waals surface area contributed by atoms with E-state index in [1.807, 2.05) is 0 Å². The van der Waals surface area contributed by atoms with Gasteiger partial charge >= 0.3 is 0 Å². The number of benzene rings is 2. The Labute approximate surface area is 157 Å². The van der Waals surface area contributed by atoms with Gasteiger partial charge in [0, 0.05) is 18.8 Å². The van der Waals surface area contributed by atoms with Crippen LogP contribution in [0.1, 0.15) is 18.4 Å². The third-order valence-corrected chi connectivity index (χ3v) is 5.69. The van der Waals surface area contributed by atoms with Crippen molar-refractivity contribution in [2.24, 2.45) is 0 Å². The van der Waals surface area contributed by atoms with Crippen LogP contribution in [-0.2, 0) is 26.0 Å². The summed E-state index contributed by atoms with van der Waals surface area (Å²) in [7, 11) is -3.62. The Kier molecular flexibility index (Phi) is 6.20. The van der Waals surface area contributed by atoms with E-state index in [0.717, 1.165) is 12.8 Å². The fourth-order valence-corrected chi connectivity index (χ4v) is 3.87. The second kappa shape index (κ2) is 8.60. The summed E-state index contributed by atoms with van der Waals surface area (Å²) in [6.45, 7) is 0.914. The summed E-state index contributed by atoms with van der Waals surface area (Å²) >= 11 is 0. The third-order valence-electron chi connectivity index (χ3n) is 4.25. The predicted octanol–water partition coefficient (Wildman–Crippen LogP) is 2.46. The van der Waals surface area contributed by atoms with Crippen LogP contribution < -0.4 is 10.0 Å². The Morgan fingerprint density at radius 1 is 1.11 bits per heavy atom. The zero-order valence-corrected chi connectivity index (χ0v) is 15.5. The van der Waals surface area contributed by atoms with Gasteiger partial charge in [-0.1, -0.05) is 12.1 Å². The average molecular weight is 392 g/mol. The molecule has 0 bridgehead atoms. The van der Waals surface area contributed by atoms with Crippen molar-refractivity contribution < 1.29 is 22.3 Å². The average Bonchev–Trinajstić information content (AvgIpc) is 3.16. The van der Waals surface area contributed by atoms with Gasteiger partial charge in [0.25, 0.3) is 0 Å². The lowest BCUT2D eigenvalue weighted by Crippen LogP contribution is -2.31. The number of carbonyl (C=O) groups excluding carboxylic acids is 1. The van der Waals surface area contributed by atoms with Crippen LogP contribution in [0.2, 0.25) is 0 Å². The van der Waals surface area contributed by atoms with Gasteiger partial charge in [-0.05, 0) is 54.8 Å². The molecule has 3 rings (SSSR count). The van der Waals surface area contributed by atoms with Crippen LogP contribution in [0.5, 0.6) is 0 Å². The lowest BCUT2D eigenvalue weighted by atomic mass is 10.1. The molecule has 2 aromatic carbocycles. The third kappa shape index (κ3) is 5.59. The first-order chi connectivity index (χ1) is 12.9. The lowest BCUT2D eigenvalue weighted by molar-refractivity contribution is -0.115. The van der Waals surface area contributed by atoms with E-state index >= 15 is 0 Å². The minimum atomic E-state index is -3.62. The quantitative estimate of drug-likeness (QED) is 0.758. The molecule has 6 nitrogen and oxygen atoms in total. The monoisotopic (exact) mass is 392 g/mol. The minimum absolute atomic E-state index is 0.0789. The van der Waals surface area contributed by atoms with E-state index in [9.17, 15) is 17.6 Å². The Balaban J connectivity index is 1.55. The summed E-state index contributed by atoms with van der Waals surface area (Å²) in [6, 6.07) is 11.6. The Morgan fingerprint density at radius 3 is 2.44 bits per heavy atom. The molecule has 1 aliphatic heterocycles. The summed E-state index contributed by atoms with van der Waals surface area (Å²) in [5, 5.41) is 2.69. The van der Waals surface area contributed by atoms with Crippen molar-refractivity contribution in [1.29, 1.82) is 0 Å². The molecule has 1 amide bonds. The fourth-order valence-electron chi connectivity index (χ4n) is 2.80. The number of ether oxygens (including phenoxy) is 1. The van der Waals surface area contributed by atoms with E-state index in [1.165, 1.54) is 36.4 Å². The summed E-state index contributed by atoms with van der Waals surface area (Å²) in [6.07, 6.45) is 1.81. The van der Waals surface area contributed by atoms with Crippen LogP contribution in [0, 0.1) is 5.82 Å². The standard InChI is InChI=1S/C19H21FN2O4S/c20-15-5-3-14(4-6-15)12-19(23)22-16-7-9-18(10-8-16)27(24,25)21-13-17-2-1-11-26-17/h3-10,17,21H,1-2,11-13H2,(H,22,23)/t17-/m1/s1.